The van der Waals surface area contributed by atoms with Crippen molar-refractivity contribution in [1.82, 2.24) is 31.1 Å². The summed E-state index contributed by atoms with van der Waals surface area (Å²) < 4.78 is 62.8. The Balaban J connectivity index is 0.000000333. The molecule has 0 saturated carbocycles. The van der Waals surface area contributed by atoms with E-state index >= 15 is 0 Å². The van der Waals surface area contributed by atoms with Crippen LogP contribution in [0.15, 0.2) is 121 Å². The molecular formula is C96H138F4N6O18. The SMILES string of the molecule is CC(C)C[C@H](C)C(=O)[C@@]1(C)CO1.CC(C)C[C@H](NC(=O)C(F)(F)F)C(=O)[C@@]1(C)CO1.CC(C)C[C@H](NC(=O)[C@H](CCc1ccccc1)CC(=O)CN1CCOCC1)C(=O)C[C@@H](Cc1ccccc1)C(=O)N[C@@H](CC(C)C)C(=O)[C@@]1(C)CO1.CC(C)C[C@H](NC(=O)[C@H](CCc1ccccc1)CC(=O)CN1CCOCC1)C(=O)C[C@@H](Cc1ccccc1)C(=O)O.F. The number of ketones is 7. The summed E-state index contributed by atoms with van der Waals surface area (Å²) in [5.41, 5.74) is 1.52. The molecule has 9 rings (SSSR count). The summed E-state index contributed by atoms with van der Waals surface area (Å²) >= 11 is 0. The van der Waals surface area contributed by atoms with Crippen molar-refractivity contribution in [2.24, 2.45) is 59.2 Å². The maximum Gasteiger partial charge on any atom is 0.471 e. The normalized spacial score (nSPS) is 20.1. The standard InChI is InChI=1S/C42H59N3O7.C33H44N2O6.C11H16F3NO3.C10H18O2.FH/c1-29(2)22-36(43-40(49)33(17-16-31-12-8-6-9-13-31)25-35(46)27-45-18-20-51-21-19-45)38(47)26-34(24-32-14-10-7-11-15-32)41(50)44-37(23-30(3)4)39(48)42(5)28-52-42;1-24(2)19-30(31(37)22-28(33(39)40)20-26-11-7-4-8-12-26)34-32(38)27(14-13-25-9-5-3-6-10-25)21-29(36)23-35-15-17-41-18-16-35;1-6(2)4-7(8(16)10(3)5-18-10)15-9(17)11(12,13)14;1-7(2)5-8(3)9(11)10(4)6-12-10;/h6-15,29-30,33-34,36-37H,16-28H2,1-5H3,(H,43,49)(H,44,50);3-12,24,27-28,30H,13-23H2,1-2H3,(H,34,38)(H,39,40);6-7H,4-5H2,1-3H3,(H,15,17);7-8H,5-6H2,1-4H3;1H/t33-,34-,36+,37+,42-;27-,28-,30+;7-,10+;8-,10+;/m1100./s1. The second kappa shape index (κ2) is 51.8. The van der Waals surface area contributed by atoms with E-state index in [1.807, 2.05) is 182 Å². The molecular weight excluding hydrogens is 1600 g/mol. The number of aliphatic carboxylic acids is 1. The molecule has 0 unspecified atom stereocenters. The summed E-state index contributed by atoms with van der Waals surface area (Å²) in [4.78, 5) is 160. The average molecular weight is 1740 g/mol. The molecule has 124 heavy (non-hydrogen) atoms. The first-order valence-corrected chi connectivity index (χ1v) is 44.0. The van der Waals surface area contributed by atoms with E-state index in [1.54, 1.807) is 26.1 Å². The van der Waals surface area contributed by atoms with E-state index in [-0.39, 0.29) is 145 Å². The van der Waals surface area contributed by atoms with E-state index in [0.717, 1.165) is 28.7 Å². The van der Waals surface area contributed by atoms with E-state index in [9.17, 15) is 75.8 Å². The number of morpholine rings is 2. The third-order valence-corrected chi connectivity index (χ3v) is 22.5. The number of carboxylic acid groups (broad SMARTS) is 1. The number of carboxylic acids is 1. The fraction of sp³-hybridized carbons (Fsp3) is 0.625. The van der Waals surface area contributed by atoms with Crippen LogP contribution >= 0.6 is 0 Å². The number of hydrogen-bond acceptors (Lipinski definition) is 19. The highest BCUT2D eigenvalue weighted by Gasteiger charge is 2.53. The first kappa shape index (κ1) is 106. The fourth-order valence-electron chi connectivity index (χ4n) is 15.2. The Morgan fingerprint density at radius 3 is 1.01 bits per heavy atom. The number of nitrogens with zero attached hydrogens (tertiary/aromatic N) is 2. The lowest BCUT2D eigenvalue weighted by Gasteiger charge is -2.28. The minimum atomic E-state index is -4.99. The highest BCUT2D eigenvalue weighted by molar-refractivity contribution is 6.00. The summed E-state index contributed by atoms with van der Waals surface area (Å²) in [5.74, 6) is -6.92. The number of hydrogen-bond donors (Lipinski definition) is 5. The molecule has 12 atom stereocenters. The molecule has 28 heteroatoms. The van der Waals surface area contributed by atoms with Gasteiger partial charge in [0.1, 0.15) is 28.4 Å². The second-order valence-corrected chi connectivity index (χ2v) is 36.6. The van der Waals surface area contributed by atoms with Crippen molar-refractivity contribution in [2.75, 3.05) is 85.5 Å². The van der Waals surface area contributed by atoms with Crippen molar-refractivity contribution in [2.45, 2.75) is 240 Å². The number of alkyl halides is 3. The number of Topliss-reactive ketones (excluding diaryl/α,β-unsaturated/α-hetero) is 7. The number of amides is 4. The molecule has 0 aromatic heterocycles. The maximum atomic E-state index is 14.2. The fourth-order valence-corrected chi connectivity index (χ4v) is 15.2. The van der Waals surface area contributed by atoms with Crippen LogP contribution in [0.1, 0.15) is 190 Å². The lowest BCUT2D eigenvalue weighted by atomic mass is 9.87. The van der Waals surface area contributed by atoms with Crippen LogP contribution in [-0.4, -0.2) is 218 Å². The summed E-state index contributed by atoms with van der Waals surface area (Å²) in [5, 5.41) is 20.5. The quantitative estimate of drug-likeness (QED) is 0.0203. The molecule has 24 nitrogen and oxygen atoms in total. The third kappa shape index (κ3) is 38.7. The first-order valence-electron chi connectivity index (χ1n) is 44.0. The van der Waals surface area contributed by atoms with E-state index in [1.165, 1.54) is 6.92 Å². The van der Waals surface area contributed by atoms with Gasteiger partial charge in [-0.25, -0.2) is 0 Å². The number of carbonyl (C=O) groups excluding carboxylic acids is 11. The molecule has 688 valence electrons. The zero-order chi connectivity index (χ0) is 90.8. The lowest BCUT2D eigenvalue weighted by Crippen LogP contribution is -2.50. The molecule has 5 heterocycles. The Morgan fingerprint density at radius 2 is 0.685 bits per heavy atom. The van der Waals surface area contributed by atoms with Gasteiger partial charge in [-0.2, -0.15) is 13.2 Å². The zero-order valence-electron chi connectivity index (χ0n) is 75.3. The van der Waals surface area contributed by atoms with Gasteiger partial charge in [-0.1, -0.05) is 197 Å². The molecule has 4 amide bonds. The van der Waals surface area contributed by atoms with Crippen LogP contribution < -0.4 is 21.3 Å². The number of benzene rings is 4. The Kier molecular flexibility index (Phi) is 44.3. The van der Waals surface area contributed by atoms with Crippen molar-refractivity contribution < 1.29 is 104 Å². The van der Waals surface area contributed by atoms with Gasteiger partial charge in [0.15, 0.2) is 28.9 Å². The van der Waals surface area contributed by atoms with Gasteiger partial charge in [0.25, 0.3) is 0 Å². The number of nitrogens with one attached hydrogen (secondary N) is 4. The molecule has 0 spiro atoms. The van der Waals surface area contributed by atoms with Crippen LogP contribution in [0.5, 0.6) is 0 Å². The van der Waals surface area contributed by atoms with E-state index in [0.29, 0.717) is 123 Å². The molecule has 4 aromatic rings. The molecule has 4 aromatic carbocycles. The van der Waals surface area contributed by atoms with Gasteiger partial charge in [-0.3, -0.25) is 72.0 Å². The number of ether oxygens (including phenoxy) is 5. The Morgan fingerprint density at radius 1 is 0.395 bits per heavy atom. The summed E-state index contributed by atoms with van der Waals surface area (Å²) in [7, 11) is 0. The van der Waals surface area contributed by atoms with Gasteiger partial charge >= 0.3 is 18.1 Å². The number of aryl methyl sites for hydroxylation is 2. The predicted octanol–water partition coefficient (Wildman–Crippen LogP) is 12.3. The van der Waals surface area contributed by atoms with Gasteiger partial charge < -0.3 is 50.1 Å². The summed E-state index contributed by atoms with van der Waals surface area (Å²) in [6, 6.07) is 34.9. The van der Waals surface area contributed by atoms with Crippen molar-refractivity contribution in [3.8, 4) is 0 Å². The van der Waals surface area contributed by atoms with E-state index in [2.05, 4.69) is 34.7 Å². The molecule has 0 bridgehead atoms. The molecule has 5 aliphatic heterocycles. The molecule has 5 fully saturated rings. The monoisotopic (exact) mass is 1740 g/mol. The number of rotatable bonds is 48. The minimum absolute atomic E-state index is 0. The van der Waals surface area contributed by atoms with Crippen LogP contribution in [0.25, 0.3) is 0 Å². The summed E-state index contributed by atoms with van der Waals surface area (Å²) in [6.45, 7) is 33.5. The summed E-state index contributed by atoms with van der Waals surface area (Å²) in [6.07, 6.45) is -0.0315. The zero-order valence-corrected chi connectivity index (χ0v) is 75.3. The van der Waals surface area contributed by atoms with Gasteiger partial charge in [-0.05, 0) is 143 Å². The van der Waals surface area contributed by atoms with Crippen molar-refractivity contribution in [3.05, 3.63) is 144 Å². The highest BCUT2D eigenvalue weighted by atomic mass is 19.4. The lowest BCUT2D eigenvalue weighted by molar-refractivity contribution is -0.175. The Labute approximate surface area is 730 Å². The number of halogens is 4. The van der Waals surface area contributed by atoms with E-state index in [4.69, 9.17) is 23.7 Å². The Hall–Kier alpha value is -8.64. The molecule has 5 N–H and O–H groups in total. The smallest absolute Gasteiger partial charge is 0.471 e. The van der Waals surface area contributed by atoms with Crippen LogP contribution in [0, 0.1) is 59.2 Å². The van der Waals surface area contributed by atoms with Crippen LogP contribution in [0.4, 0.5) is 17.9 Å². The van der Waals surface area contributed by atoms with E-state index < -0.39 is 88.5 Å². The number of carbonyl (C=O) groups is 12. The highest BCUT2D eigenvalue weighted by Crippen LogP contribution is 2.34. The maximum absolute atomic E-state index is 14.2. The first-order chi connectivity index (χ1) is 58.0. The number of epoxide rings is 3. The van der Waals surface area contributed by atoms with Gasteiger partial charge in [0, 0.05) is 75.5 Å². The largest absolute Gasteiger partial charge is 0.481 e. The van der Waals surface area contributed by atoms with Crippen LogP contribution in [-0.2, 0) is 107 Å². The molecule has 0 radical (unpaired) electrons. The van der Waals surface area contributed by atoms with Crippen molar-refractivity contribution >= 4 is 70.1 Å². The second-order valence-electron chi connectivity index (χ2n) is 36.6. The van der Waals surface area contributed by atoms with Crippen molar-refractivity contribution in [3.63, 3.8) is 0 Å². The van der Waals surface area contributed by atoms with Crippen molar-refractivity contribution in [1.29, 1.82) is 0 Å². The van der Waals surface area contributed by atoms with Gasteiger partial charge in [0.2, 0.25) is 17.7 Å². The van der Waals surface area contributed by atoms with Gasteiger partial charge in [0.05, 0.1) is 89.4 Å². The topological polar surface area (TPSA) is 336 Å². The molecule has 5 aliphatic rings. The predicted molar refractivity (Wildman–Crippen MR) is 465 cm³/mol. The Bertz CT molecular complexity index is 4020. The third-order valence-electron chi connectivity index (χ3n) is 22.5. The van der Waals surface area contributed by atoms with Gasteiger partial charge in [-0.15, -0.1) is 0 Å². The van der Waals surface area contributed by atoms with Crippen LogP contribution in [0.2, 0.25) is 0 Å². The molecule has 5 saturated heterocycles. The molecule has 0 aliphatic carbocycles. The average Bonchev–Trinajstić information content (AvgIpc) is 1.64. The van der Waals surface area contributed by atoms with Crippen LogP contribution in [0.3, 0.4) is 0 Å². The minimum Gasteiger partial charge on any atom is -0.481 e.